The molecule has 1 aliphatic rings. The van der Waals surface area contributed by atoms with Gasteiger partial charge in [-0.25, -0.2) is 4.98 Å². The molecule has 10 heteroatoms. The standard InChI is InChI=1S/C12H14N6O3S/c13-12-16-9-8(10(20)17-12)14-5-18(9)3-1-7(19)15-6-2-4-22-11(6)21/h5-6H,1-4H2,(H,15,19)(H3,13,16,17,20). The van der Waals surface area contributed by atoms with Crippen LogP contribution in [0.2, 0.25) is 0 Å². The smallest absolute Gasteiger partial charge is 0.280 e. The normalized spacial score (nSPS) is 18.0. The Morgan fingerprint density at radius 1 is 1.55 bits per heavy atom. The first kappa shape index (κ1) is 14.6. The summed E-state index contributed by atoms with van der Waals surface area (Å²) in [5.74, 6) is 0.514. The van der Waals surface area contributed by atoms with Gasteiger partial charge in [0.05, 0.1) is 12.4 Å². The molecule has 9 nitrogen and oxygen atoms in total. The number of aryl methyl sites for hydroxylation is 1. The largest absolute Gasteiger partial charge is 0.369 e. The molecule has 3 heterocycles. The summed E-state index contributed by atoms with van der Waals surface area (Å²) < 4.78 is 1.59. The highest BCUT2D eigenvalue weighted by Crippen LogP contribution is 2.19. The van der Waals surface area contributed by atoms with Gasteiger partial charge in [0, 0.05) is 18.7 Å². The Labute approximate surface area is 128 Å². The average Bonchev–Trinajstić information content (AvgIpc) is 3.04. The monoisotopic (exact) mass is 322 g/mol. The van der Waals surface area contributed by atoms with Crippen LogP contribution in [-0.4, -0.2) is 42.3 Å². The third-order valence-corrected chi connectivity index (χ3v) is 4.35. The Kier molecular flexibility index (Phi) is 3.84. The Balaban J connectivity index is 1.68. The number of carbonyl (C=O) groups is 2. The van der Waals surface area contributed by atoms with Gasteiger partial charge < -0.3 is 15.6 Å². The number of nitrogens with two attached hydrogens (primary N) is 1. The van der Waals surface area contributed by atoms with E-state index in [4.69, 9.17) is 5.73 Å². The van der Waals surface area contributed by atoms with Crippen LogP contribution in [0.25, 0.3) is 11.2 Å². The number of aromatic nitrogens is 4. The molecule has 3 rings (SSSR count). The van der Waals surface area contributed by atoms with Crippen LogP contribution in [0, 0.1) is 0 Å². The van der Waals surface area contributed by atoms with Crippen LogP contribution in [0.15, 0.2) is 11.1 Å². The first-order chi connectivity index (χ1) is 10.5. The predicted octanol–water partition coefficient (Wildman–Crippen LogP) is -0.760. The Bertz CT molecular complexity index is 798. The van der Waals surface area contributed by atoms with Gasteiger partial charge in [0.1, 0.15) is 0 Å². The van der Waals surface area contributed by atoms with Crippen molar-refractivity contribution in [2.24, 2.45) is 0 Å². The lowest BCUT2D eigenvalue weighted by atomic mass is 10.2. The highest BCUT2D eigenvalue weighted by atomic mass is 32.2. The molecule has 0 aromatic carbocycles. The number of nitrogen functional groups attached to an aromatic ring is 1. The van der Waals surface area contributed by atoms with Gasteiger partial charge in [-0.15, -0.1) is 0 Å². The van der Waals surface area contributed by atoms with Gasteiger partial charge in [-0.2, -0.15) is 4.98 Å². The van der Waals surface area contributed by atoms with Gasteiger partial charge in [-0.05, 0) is 6.42 Å². The number of nitrogens with zero attached hydrogens (tertiary/aromatic N) is 3. The fourth-order valence-electron chi connectivity index (χ4n) is 2.25. The zero-order chi connectivity index (χ0) is 15.7. The zero-order valence-electron chi connectivity index (χ0n) is 11.5. The van der Waals surface area contributed by atoms with Crippen LogP contribution >= 0.6 is 11.8 Å². The number of rotatable bonds is 4. The van der Waals surface area contributed by atoms with E-state index in [9.17, 15) is 14.4 Å². The third-order valence-electron chi connectivity index (χ3n) is 3.34. The number of nitrogens with one attached hydrogen (secondary N) is 2. The molecule has 2 aromatic heterocycles. The highest BCUT2D eigenvalue weighted by molar-refractivity contribution is 8.14. The fraction of sp³-hybridized carbons (Fsp3) is 0.417. The van der Waals surface area contributed by atoms with E-state index in [0.29, 0.717) is 18.6 Å². The van der Waals surface area contributed by atoms with Crippen LogP contribution in [0.1, 0.15) is 12.8 Å². The van der Waals surface area contributed by atoms with Gasteiger partial charge in [0.2, 0.25) is 17.0 Å². The van der Waals surface area contributed by atoms with Gasteiger partial charge >= 0.3 is 0 Å². The van der Waals surface area contributed by atoms with Crippen molar-refractivity contribution in [3.05, 3.63) is 16.7 Å². The number of H-pyrrole nitrogens is 1. The van der Waals surface area contributed by atoms with Crippen LogP contribution in [0.3, 0.4) is 0 Å². The highest BCUT2D eigenvalue weighted by Gasteiger charge is 2.26. The molecule has 1 fully saturated rings. The van der Waals surface area contributed by atoms with Crippen molar-refractivity contribution in [1.82, 2.24) is 24.8 Å². The van der Waals surface area contributed by atoms with Crippen molar-refractivity contribution in [2.75, 3.05) is 11.5 Å². The minimum absolute atomic E-state index is 0.00223. The molecule has 0 aliphatic carbocycles. The SMILES string of the molecule is Nc1nc2c(ncn2CCC(=O)NC2CCSC2=O)c(=O)[nH]1. The predicted molar refractivity (Wildman–Crippen MR) is 81.2 cm³/mol. The summed E-state index contributed by atoms with van der Waals surface area (Å²) in [6.07, 6.45) is 2.27. The number of hydrogen-bond donors (Lipinski definition) is 3. The quantitative estimate of drug-likeness (QED) is 0.673. The summed E-state index contributed by atoms with van der Waals surface area (Å²) in [5, 5.41) is 2.71. The second-order valence-electron chi connectivity index (χ2n) is 4.89. The Morgan fingerprint density at radius 2 is 2.36 bits per heavy atom. The van der Waals surface area contributed by atoms with E-state index >= 15 is 0 Å². The molecule has 1 aliphatic heterocycles. The molecular formula is C12H14N6O3S. The fourth-order valence-corrected chi connectivity index (χ4v) is 3.18. The van der Waals surface area contributed by atoms with Gasteiger partial charge in [-0.1, -0.05) is 11.8 Å². The summed E-state index contributed by atoms with van der Waals surface area (Å²) in [6.45, 7) is 0.298. The van der Waals surface area contributed by atoms with E-state index in [1.807, 2.05) is 0 Å². The van der Waals surface area contributed by atoms with Crippen LogP contribution < -0.4 is 16.6 Å². The second kappa shape index (κ2) is 5.79. The molecule has 1 atom stereocenters. The van der Waals surface area contributed by atoms with E-state index in [0.717, 1.165) is 5.75 Å². The lowest BCUT2D eigenvalue weighted by Gasteiger charge is -2.10. The van der Waals surface area contributed by atoms with Crippen LogP contribution in [0.4, 0.5) is 5.95 Å². The maximum absolute atomic E-state index is 11.9. The molecule has 116 valence electrons. The van der Waals surface area contributed by atoms with Crippen molar-refractivity contribution in [3.8, 4) is 0 Å². The topological polar surface area (TPSA) is 136 Å². The van der Waals surface area contributed by atoms with Gasteiger partial charge in [0.25, 0.3) is 5.56 Å². The lowest BCUT2D eigenvalue weighted by Crippen LogP contribution is -2.37. The summed E-state index contributed by atoms with van der Waals surface area (Å²) in [6, 6.07) is -0.395. The summed E-state index contributed by atoms with van der Waals surface area (Å²) in [5.41, 5.74) is 5.60. The molecule has 4 N–H and O–H groups in total. The number of amides is 1. The van der Waals surface area contributed by atoms with Crippen molar-refractivity contribution < 1.29 is 9.59 Å². The Hall–Kier alpha value is -2.36. The first-order valence-electron chi connectivity index (χ1n) is 6.71. The number of fused-ring (bicyclic) bond motifs is 1. The summed E-state index contributed by atoms with van der Waals surface area (Å²) in [7, 11) is 0. The second-order valence-corrected chi connectivity index (χ2v) is 5.99. The number of carbonyl (C=O) groups excluding carboxylic acids is 2. The molecule has 1 unspecified atom stereocenters. The maximum atomic E-state index is 11.9. The van der Waals surface area contributed by atoms with Gasteiger partial charge in [0.15, 0.2) is 11.2 Å². The maximum Gasteiger partial charge on any atom is 0.280 e. The van der Waals surface area contributed by atoms with Crippen molar-refractivity contribution in [3.63, 3.8) is 0 Å². The zero-order valence-corrected chi connectivity index (χ0v) is 12.4. The van der Waals surface area contributed by atoms with E-state index in [2.05, 4.69) is 20.3 Å². The molecular weight excluding hydrogens is 308 g/mol. The van der Waals surface area contributed by atoms with Crippen molar-refractivity contribution in [2.45, 2.75) is 25.4 Å². The lowest BCUT2D eigenvalue weighted by molar-refractivity contribution is -0.124. The molecule has 22 heavy (non-hydrogen) atoms. The average molecular weight is 322 g/mol. The molecule has 2 aromatic rings. The molecule has 0 radical (unpaired) electrons. The summed E-state index contributed by atoms with van der Waals surface area (Å²) in [4.78, 5) is 45.3. The number of imidazole rings is 1. The van der Waals surface area contributed by atoms with E-state index < -0.39 is 11.6 Å². The van der Waals surface area contributed by atoms with Crippen molar-refractivity contribution >= 4 is 39.9 Å². The van der Waals surface area contributed by atoms with E-state index in [1.54, 1.807) is 4.57 Å². The molecule has 0 saturated carbocycles. The number of anilines is 1. The number of hydrogen-bond acceptors (Lipinski definition) is 7. The first-order valence-corrected chi connectivity index (χ1v) is 7.70. The van der Waals surface area contributed by atoms with Crippen LogP contribution in [0.5, 0.6) is 0 Å². The minimum atomic E-state index is -0.417. The molecule has 1 amide bonds. The number of thioether (sulfide) groups is 1. The van der Waals surface area contributed by atoms with E-state index in [-0.39, 0.29) is 28.9 Å². The molecule has 1 saturated heterocycles. The number of aromatic amines is 1. The summed E-state index contributed by atoms with van der Waals surface area (Å²) >= 11 is 1.24. The van der Waals surface area contributed by atoms with Crippen LogP contribution in [-0.2, 0) is 16.1 Å². The van der Waals surface area contributed by atoms with Gasteiger partial charge in [-0.3, -0.25) is 19.4 Å². The molecule has 0 bridgehead atoms. The van der Waals surface area contributed by atoms with Crippen molar-refractivity contribution in [1.29, 1.82) is 0 Å². The minimum Gasteiger partial charge on any atom is -0.369 e. The Morgan fingerprint density at radius 3 is 3.09 bits per heavy atom. The van der Waals surface area contributed by atoms with E-state index in [1.165, 1.54) is 18.1 Å². The molecule has 0 spiro atoms. The third kappa shape index (κ3) is 2.82.